The lowest BCUT2D eigenvalue weighted by atomic mass is 10.0. The quantitative estimate of drug-likeness (QED) is 0.778. The smallest absolute Gasteiger partial charge is 0.164 e. The zero-order chi connectivity index (χ0) is 16.9. The summed E-state index contributed by atoms with van der Waals surface area (Å²) >= 11 is 0. The molecule has 0 N–H and O–H groups in total. The minimum Gasteiger partial charge on any atom is -0.373 e. The minimum absolute atomic E-state index is 0.210. The first kappa shape index (κ1) is 16.9. The lowest BCUT2D eigenvalue weighted by Crippen LogP contribution is -2.46. The Labute approximate surface area is 144 Å². The van der Waals surface area contributed by atoms with E-state index in [0.717, 1.165) is 30.8 Å². The predicted octanol–water partition coefficient (Wildman–Crippen LogP) is 4.04. The van der Waals surface area contributed by atoms with Crippen molar-refractivity contribution in [2.24, 2.45) is 0 Å². The molecule has 0 amide bonds. The van der Waals surface area contributed by atoms with Crippen LogP contribution in [0.5, 0.6) is 0 Å². The van der Waals surface area contributed by atoms with Crippen LogP contribution in [0, 0.1) is 0 Å². The number of benzene rings is 2. The average Bonchev–Trinajstić information content (AvgIpc) is 2.60. The summed E-state index contributed by atoms with van der Waals surface area (Å²) in [6.45, 7) is 6.80. The highest BCUT2D eigenvalue weighted by Crippen LogP contribution is 2.20. The van der Waals surface area contributed by atoms with Gasteiger partial charge in [0, 0.05) is 31.6 Å². The third-order valence-electron chi connectivity index (χ3n) is 4.46. The number of hydrogen-bond donors (Lipinski definition) is 0. The van der Waals surface area contributed by atoms with Gasteiger partial charge in [-0.1, -0.05) is 54.6 Å². The number of ether oxygens (including phenoxy) is 1. The summed E-state index contributed by atoms with van der Waals surface area (Å²) in [5.74, 6) is 0.210. The van der Waals surface area contributed by atoms with Crippen molar-refractivity contribution in [3.63, 3.8) is 0 Å². The number of ketones is 1. The maximum atomic E-state index is 12.4. The van der Waals surface area contributed by atoms with Crippen LogP contribution in [0.25, 0.3) is 11.1 Å². The molecular weight excluding hydrogens is 298 g/mol. The van der Waals surface area contributed by atoms with Crippen LogP contribution in [0.4, 0.5) is 0 Å². The molecule has 0 saturated carbocycles. The topological polar surface area (TPSA) is 29.5 Å². The summed E-state index contributed by atoms with van der Waals surface area (Å²) in [7, 11) is 0. The Balaban J connectivity index is 1.57. The largest absolute Gasteiger partial charge is 0.373 e. The lowest BCUT2D eigenvalue weighted by Gasteiger charge is -2.35. The van der Waals surface area contributed by atoms with E-state index >= 15 is 0 Å². The molecule has 0 unspecified atom stereocenters. The molecule has 2 aromatic rings. The highest BCUT2D eigenvalue weighted by atomic mass is 16.5. The highest BCUT2D eigenvalue weighted by molar-refractivity contribution is 5.96. The molecule has 1 heterocycles. The Morgan fingerprint density at radius 1 is 0.958 bits per heavy atom. The first-order chi connectivity index (χ1) is 11.6. The molecule has 3 heteroatoms. The molecule has 0 aliphatic carbocycles. The van der Waals surface area contributed by atoms with Crippen molar-refractivity contribution in [3.8, 4) is 11.1 Å². The normalized spacial score (nSPS) is 21.6. The fourth-order valence-corrected chi connectivity index (χ4v) is 3.35. The van der Waals surface area contributed by atoms with Crippen LogP contribution in [0.1, 0.15) is 30.6 Å². The van der Waals surface area contributed by atoms with Gasteiger partial charge in [0.1, 0.15) is 0 Å². The van der Waals surface area contributed by atoms with Crippen molar-refractivity contribution in [3.05, 3.63) is 60.2 Å². The van der Waals surface area contributed by atoms with Gasteiger partial charge in [-0.25, -0.2) is 0 Å². The second-order valence-corrected chi connectivity index (χ2v) is 6.63. The number of morpholine rings is 1. The van der Waals surface area contributed by atoms with Gasteiger partial charge in [-0.2, -0.15) is 0 Å². The van der Waals surface area contributed by atoms with Gasteiger partial charge in [-0.05, 0) is 25.0 Å². The zero-order valence-electron chi connectivity index (χ0n) is 14.4. The molecular formula is C21H25NO2. The van der Waals surface area contributed by atoms with E-state index in [4.69, 9.17) is 4.74 Å². The monoisotopic (exact) mass is 323 g/mol. The van der Waals surface area contributed by atoms with E-state index in [1.165, 1.54) is 5.56 Å². The van der Waals surface area contributed by atoms with Gasteiger partial charge in [0.25, 0.3) is 0 Å². The maximum Gasteiger partial charge on any atom is 0.164 e. The summed E-state index contributed by atoms with van der Waals surface area (Å²) in [5, 5.41) is 0. The Bertz CT molecular complexity index is 656. The van der Waals surface area contributed by atoms with Gasteiger partial charge in [0.05, 0.1) is 12.2 Å². The highest BCUT2D eigenvalue weighted by Gasteiger charge is 2.22. The first-order valence-corrected chi connectivity index (χ1v) is 8.68. The van der Waals surface area contributed by atoms with Gasteiger partial charge in [-0.15, -0.1) is 0 Å². The summed E-state index contributed by atoms with van der Waals surface area (Å²) in [4.78, 5) is 14.8. The van der Waals surface area contributed by atoms with Crippen molar-refractivity contribution in [1.29, 1.82) is 0 Å². The van der Waals surface area contributed by atoms with E-state index < -0.39 is 0 Å². The zero-order valence-corrected chi connectivity index (χ0v) is 14.4. The van der Waals surface area contributed by atoms with E-state index in [0.29, 0.717) is 6.42 Å². The molecule has 0 radical (unpaired) electrons. The van der Waals surface area contributed by atoms with E-state index in [9.17, 15) is 4.79 Å². The fourth-order valence-electron chi connectivity index (χ4n) is 3.35. The number of nitrogens with zero attached hydrogens (tertiary/aromatic N) is 1. The SMILES string of the molecule is C[C@@H]1CN(CCC(=O)c2ccc(-c3ccccc3)cc2)C[C@@H](C)O1. The molecule has 1 aliphatic heterocycles. The Kier molecular flexibility index (Phi) is 5.44. The molecule has 0 spiro atoms. The van der Waals surface area contributed by atoms with Gasteiger partial charge >= 0.3 is 0 Å². The maximum absolute atomic E-state index is 12.4. The molecule has 1 fully saturated rings. The van der Waals surface area contributed by atoms with E-state index in [1.807, 2.05) is 42.5 Å². The van der Waals surface area contributed by atoms with Crippen LogP contribution in [-0.2, 0) is 4.74 Å². The van der Waals surface area contributed by atoms with E-state index in [1.54, 1.807) is 0 Å². The standard InChI is InChI=1S/C21H25NO2/c1-16-14-22(15-17(2)24-16)13-12-21(23)20-10-8-19(9-11-20)18-6-4-3-5-7-18/h3-11,16-17H,12-15H2,1-2H3/t16-,17-/m1/s1. The van der Waals surface area contributed by atoms with Crippen molar-refractivity contribution in [2.75, 3.05) is 19.6 Å². The van der Waals surface area contributed by atoms with Crippen LogP contribution >= 0.6 is 0 Å². The number of hydrogen-bond acceptors (Lipinski definition) is 3. The summed E-state index contributed by atoms with van der Waals surface area (Å²) in [5.41, 5.74) is 3.11. The average molecular weight is 323 g/mol. The fraction of sp³-hybridized carbons (Fsp3) is 0.381. The van der Waals surface area contributed by atoms with Crippen LogP contribution < -0.4 is 0 Å². The predicted molar refractivity (Wildman–Crippen MR) is 97.3 cm³/mol. The second kappa shape index (κ2) is 7.73. The number of rotatable bonds is 5. The van der Waals surface area contributed by atoms with Crippen molar-refractivity contribution in [2.45, 2.75) is 32.5 Å². The Morgan fingerprint density at radius 3 is 2.17 bits per heavy atom. The summed E-state index contributed by atoms with van der Waals surface area (Å²) < 4.78 is 5.74. The molecule has 126 valence electrons. The molecule has 1 saturated heterocycles. The van der Waals surface area contributed by atoms with Crippen molar-refractivity contribution < 1.29 is 9.53 Å². The molecule has 3 nitrogen and oxygen atoms in total. The van der Waals surface area contributed by atoms with Gasteiger partial charge in [0.15, 0.2) is 5.78 Å². The van der Waals surface area contributed by atoms with Crippen molar-refractivity contribution in [1.82, 2.24) is 4.90 Å². The second-order valence-electron chi connectivity index (χ2n) is 6.63. The summed E-state index contributed by atoms with van der Waals surface area (Å²) in [6, 6.07) is 18.2. The van der Waals surface area contributed by atoms with E-state index in [-0.39, 0.29) is 18.0 Å². The van der Waals surface area contributed by atoms with Gasteiger partial charge in [0.2, 0.25) is 0 Å². The first-order valence-electron chi connectivity index (χ1n) is 8.68. The van der Waals surface area contributed by atoms with Crippen molar-refractivity contribution >= 4 is 5.78 Å². The molecule has 0 bridgehead atoms. The third-order valence-corrected chi connectivity index (χ3v) is 4.46. The van der Waals surface area contributed by atoms with Crippen LogP contribution in [-0.4, -0.2) is 42.5 Å². The number of carbonyl (C=O) groups is 1. The Morgan fingerprint density at radius 2 is 1.54 bits per heavy atom. The van der Waals surface area contributed by atoms with Crippen LogP contribution in [0.15, 0.2) is 54.6 Å². The number of Topliss-reactive ketones (excluding diaryl/α,β-unsaturated/α-hetero) is 1. The van der Waals surface area contributed by atoms with Crippen LogP contribution in [0.2, 0.25) is 0 Å². The molecule has 2 atom stereocenters. The molecule has 3 rings (SSSR count). The molecule has 1 aliphatic rings. The minimum atomic E-state index is 0.210. The third kappa shape index (κ3) is 4.31. The molecule has 2 aromatic carbocycles. The Hall–Kier alpha value is -1.97. The van der Waals surface area contributed by atoms with Crippen LogP contribution in [0.3, 0.4) is 0 Å². The molecule has 0 aromatic heterocycles. The molecule has 24 heavy (non-hydrogen) atoms. The van der Waals surface area contributed by atoms with E-state index in [2.05, 4.69) is 30.9 Å². The van der Waals surface area contributed by atoms with Gasteiger partial charge in [-0.3, -0.25) is 9.69 Å². The number of carbonyl (C=O) groups excluding carboxylic acids is 1. The van der Waals surface area contributed by atoms with Gasteiger partial charge < -0.3 is 4.74 Å². The lowest BCUT2D eigenvalue weighted by molar-refractivity contribution is -0.0675. The summed E-state index contributed by atoms with van der Waals surface area (Å²) in [6.07, 6.45) is 1.05.